The van der Waals surface area contributed by atoms with E-state index in [2.05, 4.69) is 15.9 Å². The number of nitrogens with two attached hydrogens (primary N) is 1. The Morgan fingerprint density at radius 3 is 2.20 bits per heavy atom. The molecule has 20 heavy (non-hydrogen) atoms. The Hall–Kier alpha value is -1.82. The minimum atomic E-state index is -4.59. The normalized spacial score (nSPS) is 11.4. The van der Waals surface area contributed by atoms with Crippen LogP contribution in [-0.2, 0) is 6.18 Å². The van der Waals surface area contributed by atoms with Gasteiger partial charge in [0.15, 0.2) is 5.78 Å². The van der Waals surface area contributed by atoms with Gasteiger partial charge in [-0.2, -0.15) is 13.2 Å². The molecule has 6 heteroatoms. The second kappa shape index (κ2) is 5.28. The third-order valence-corrected chi connectivity index (χ3v) is 3.20. The Morgan fingerprint density at radius 2 is 1.65 bits per heavy atom. The van der Waals surface area contributed by atoms with Crippen LogP contribution in [0.2, 0.25) is 0 Å². The van der Waals surface area contributed by atoms with E-state index in [1.54, 1.807) is 0 Å². The number of ketones is 1. The van der Waals surface area contributed by atoms with Crippen LogP contribution in [0.4, 0.5) is 18.9 Å². The average Bonchev–Trinajstić information content (AvgIpc) is 2.38. The molecule has 2 aromatic rings. The number of carbonyl (C=O) groups excluding carboxylic acids is 1. The summed E-state index contributed by atoms with van der Waals surface area (Å²) in [5, 5.41) is 0. The van der Waals surface area contributed by atoms with Gasteiger partial charge in [0.1, 0.15) is 0 Å². The first kappa shape index (κ1) is 14.6. The fourth-order valence-electron chi connectivity index (χ4n) is 1.74. The lowest BCUT2D eigenvalue weighted by molar-refractivity contribution is -0.137. The lowest BCUT2D eigenvalue weighted by Crippen LogP contribution is -2.14. The van der Waals surface area contributed by atoms with Gasteiger partial charge in [-0.05, 0) is 42.5 Å². The van der Waals surface area contributed by atoms with Gasteiger partial charge in [0.2, 0.25) is 0 Å². The Balaban J connectivity index is 2.52. The summed E-state index contributed by atoms with van der Waals surface area (Å²) in [4.78, 5) is 12.2. The molecule has 2 rings (SSSR count). The van der Waals surface area contributed by atoms with Crippen molar-refractivity contribution in [3.05, 3.63) is 63.6 Å². The van der Waals surface area contributed by atoms with Crippen molar-refractivity contribution in [2.24, 2.45) is 0 Å². The van der Waals surface area contributed by atoms with Crippen molar-refractivity contribution in [1.29, 1.82) is 0 Å². The van der Waals surface area contributed by atoms with Crippen molar-refractivity contribution in [2.75, 3.05) is 5.73 Å². The molecule has 0 aliphatic heterocycles. The zero-order chi connectivity index (χ0) is 14.9. The molecule has 0 aliphatic rings. The Kier molecular flexibility index (Phi) is 3.85. The maximum absolute atomic E-state index is 13.0. The molecule has 0 saturated heterocycles. The molecule has 0 unspecified atom stereocenters. The molecule has 0 atom stereocenters. The van der Waals surface area contributed by atoms with Crippen molar-refractivity contribution < 1.29 is 18.0 Å². The Bertz CT molecular complexity index is 650. The topological polar surface area (TPSA) is 43.1 Å². The summed E-state index contributed by atoms with van der Waals surface area (Å²) in [5.41, 5.74) is 4.74. The van der Waals surface area contributed by atoms with E-state index in [1.165, 1.54) is 30.3 Å². The maximum atomic E-state index is 13.0. The summed E-state index contributed by atoms with van der Waals surface area (Å²) in [6, 6.07) is 9.20. The largest absolute Gasteiger partial charge is 0.417 e. The summed E-state index contributed by atoms with van der Waals surface area (Å²) >= 11 is 2.98. The van der Waals surface area contributed by atoms with E-state index < -0.39 is 17.5 Å². The molecule has 0 radical (unpaired) electrons. The first-order valence-corrected chi connectivity index (χ1v) is 6.35. The quantitative estimate of drug-likeness (QED) is 0.653. The third kappa shape index (κ3) is 3.01. The minimum Gasteiger partial charge on any atom is -0.399 e. The monoisotopic (exact) mass is 343 g/mol. The standard InChI is InChI=1S/C14H9BrF3NO/c15-9-3-6-11(12(7-9)14(16,17)18)13(20)8-1-4-10(19)5-2-8/h1-7H,19H2. The lowest BCUT2D eigenvalue weighted by Gasteiger charge is -2.12. The lowest BCUT2D eigenvalue weighted by atomic mass is 9.98. The van der Waals surface area contributed by atoms with E-state index in [9.17, 15) is 18.0 Å². The number of alkyl halides is 3. The molecule has 0 heterocycles. The van der Waals surface area contributed by atoms with Crippen molar-refractivity contribution in [1.82, 2.24) is 0 Å². The van der Waals surface area contributed by atoms with Gasteiger partial charge >= 0.3 is 6.18 Å². The van der Waals surface area contributed by atoms with Crippen LogP contribution < -0.4 is 5.73 Å². The second-order valence-electron chi connectivity index (χ2n) is 4.14. The van der Waals surface area contributed by atoms with Crippen molar-refractivity contribution in [2.45, 2.75) is 6.18 Å². The van der Waals surface area contributed by atoms with E-state index in [-0.39, 0.29) is 15.6 Å². The molecule has 2 nitrogen and oxygen atoms in total. The van der Waals surface area contributed by atoms with Crippen LogP contribution in [0.25, 0.3) is 0 Å². The van der Waals surface area contributed by atoms with Gasteiger partial charge in [0, 0.05) is 21.3 Å². The highest BCUT2D eigenvalue weighted by atomic mass is 79.9. The molecule has 0 spiro atoms. The molecular weight excluding hydrogens is 335 g/mol. The van der Waals surface area contributed by atoms with Gasteiger partial charge in [-0.15, -0.1) is 0 Å². The smallest absolute Gasteiger partial charge is 0.399 e. The molecule has 0 saturated carbocycles. The highest BCUT2D eigenvalue weighted by molar-refractivity contribution is 9.10. The van der Waals surface area contributed by atoms with Crippen molar-refractivity contribution >= 4 is 27.4 Å². The van der Waals surface area contributed by atoms with E-state index >= 15 is 0 Å². The predicted octanol–water partition coefficient (Wildman–Crippen LogP) is 4.28. The number of benzene rings is 2. The van der Waals surface area contributed by atoms with Crippen LogP contribution >= 0.6 is 15.9 Å². The maximum Gasteiger partial charge on any atom is 0.417 e. The Labute approximate surface area is 121 Å². The summed E-state index contributed by atoms with van der Waals surface area (Å²) in [6.07, 6.45) is -4.59. The van der Waals surface area contributed by atoms with Crippen LogP contribution in [0.1, 0.15) is 21.5 Å². The number of rotatable bonds is 2. The number of hydrogen-bond acceptors (Lipinski definition) is 2. The minimum absolute atomic E-state index is 0.159. The zero-order valence-corrected chi connectivity index (χ0v) is 11.6. The summed E-state index contributed by atoms with van der Waals surface area (Å²) in [5.74, 6) is -0.690. The van der Waals surface area contributed by atoms with E-state index in [0.717, 1.165) is 12.1 Å². The number of halogens is 4. The fourth-order valence-corrected chi connectivity index (χ4v) is 2.10. The van der Waals surface area contributed by atoms with Gasteiger partial charge in [-0.3, -0.25) is 4.79 Å². The zero-order valence-electron chi connectivity index (χ0n) is 10.0. The van der Waals surface area contributed by atoms with E-state index in [0.29, 0.717) is 5.69 Å². The van der Waals surface area contributed by atoms with Gasteiger partial charge in [-0.25, -0.2) is 0 Å². The van der Waals surface area contributed by atoms with Crippen LogP contribution in [0, 0.1) is 0 Å². The van der Waals surface area contributed by atoms with Gasteiger partial charge in [0.25, 0.3) is 0 Å². The van der Waals surface area contributed by atoms with Gasteiger partial charge in [-0.1, -0.05) is 15.9 Å². The molecule has 104 valence electrons. The third-order valence-electron chi connectivity index (χ3n) is 2.70. The predicted molar refractivity (Wildman–Crippen MR) is 73.4 cm³/mol. The second-order valence-corrected chi connectivity index (χ2v) is 5.05. The van der Waals surface area contributed by atoms with Crippen molar-refractivity contribution in [3.8, 4) is 0 Å². The highest BCUT2D eigenvalue weighted by Crippen LogP contribution is 2.34. The van der Waals surface area contributed by atoms with E-state index in [1.807, 2.05) is 0 Å². The number of anilines is 1. The highest BCUT2D eigenvalue weighted by Gasteiger charge is 2.35. The number of nitrogen functional groups attached to an aromatic ring is 1. The van der Waals surface area contributed by atoms with Crippen LogP contribution in [0.3, 0.4) is 0 Å². The average molecular weight is 344 g/mol. The molecule has 0 aromatic heterocycles. The molecule has 2 N–H and O–H groups in total. The first-order chi connectivity index (χ1) is 9.29. The first-order valence-electron chi connectivity index (χ1n) is 5.56. The van der Waals surface area contributed by atoms with Gasteiger partial charge in [0.05, 0.1) is 5.56 Å². The van der Waals surface area contributed by atoms with Gasteiger partial charge < -0.3 is 5.73 Å². The molecule has 0 fully saturated rings. The summed E-state index contributed by atoms with van der Waals surface area (Å²) in [7, 11) is 0. The Morgan fingerprint density at radius 1 is 1.05 bits per heavy atom. The molecule has 0 amide bonds. The molecule has 2 aromatic carbocycles. The molecular formula is C14H9BrF3NO. The van der Waals surface area contributed by atoms with Crippen LogP contribution in [-0.4, -0.2) is 5.78 Å². The molecule has 0 aliphatic carbocycles. The molecule has 0 bridgehead atoms. The summed E-state index contributed by atoms with van der Waals surface area (Å²) in [6.45, 7) is 0. The summed E-state index contributed by atoms with van der Waals surface area (Å²) < 4.78 is 39.2. The van der Waals surface area contributed by atoms with Crippen molar-refractivity contribution in [3.63, 3.8) is 0 Å². The fraction of sp³-hybridized carbons (Fsp3) is 0.0714. The SMILES string of the molecule is Nc1ccc(C(=O)c2ccc(Br)cc2C(F)(F)F)cc1. The van der Waals surface area contributed by atoms with Crippen LogP contribution in [0.15, 0.2) is 46.9 Å². The number of hydrogen-bond donors (Lipinski definition) is 1. The number of carbonyl (C=O) groups is 1. The van der Waals surface area contributed by atoms with Crippen LogP contribution in [0.5, 0.6) is 0 Å². The van der Waals surface area contributed by atoms with E-state index in [4.69, 9.17) is 5.73 Å².